The van der Waals surface area contributed by atoms with Gasteiger partial charge < -0.3 is 15.4 Å². The zero-order valence-electron chi connectivity index (χ0n) is 13.7. The van der Waals surface area contributed by atoms with Crippen molar-refractivity contribution >= 4 is 27.3 Å². The van der Waals surface area contributed by atoms with E-state index >= 15 is 0 Å². The molecule has 0 bridgehead atoms. The Hall–Kier alpha value is -1.31. The predicted octanol–water partition coefficient (Wildman–Crippen LogP) is 1.47. The molecule has 8 heteroatoms. The standard InChI is InChI=1S/C16H23ClN2O4S/c1-24(21,22)10-8-14(18)16(20)19-9-4-5-12(11-19)23-15-7-3-2-6-13(15)17/h2-3,6-7,12,14H,4-5,8-11,18H2,1H3/t12-,14+/m1/s1. The minimum absolute atomic E-state index is 0.0900. The molecular formula is C16H23ClN2O4S. The first kappa shape index (κ1) is 19.0. The number of piperidine rings is 1. The number of likely N-dealkylation sites (tertiary alicyclic amines) is 1. The Bertz CT molecular complexity index is 680. The van der Waals surface area contributed by atoms with E-state index in [1.54, 1.807) is 17.0 Å². The summed E-state index contributed by atoms with van der Waals surface area (Å²) in [6.45, 7) is 1.03. The summed E-state index contributed by atoms with van der Waals surface area (Å²) < 4.78 is 28.3. The van der Waals surface area contributed by atoms with Crippen LogP contribution in [0.3, 0.4) is 0 Å². The number of sulfone groups is 1. The molecule has 2 rings (SSSR count). The quantitative estimate of drug-likeness (QED) is 0.814. The Kier molecular flexibility index (Phi) is 6.48. The fraction of sp³-hybridized carbons (Fsp3) is 0.562. The van der Waals surface area contributed by atoms with Crippen molar-refractivity contribution in [3.63, 3.8) is 0 Å². The third-order valence-electron chi connectivity index (χ3n) is 3.94. The molecule has 0 spiro atoms. The third-order valence-corrected chi connectivity index (χ3v) is 5.23. The number of halogens is 1. The molecule has 0 aliphatic carbocycles. The van der Waals surface area contributed by atoms with Crippen molar-refractivity contribution in [2.75, 3.05) is 25.1 Å². The van der Waals surface area contributed by atoms with Gasteiger partial charge in [-0.25, -0.2) is 8.42 Å². The van der Waals surface area contributed by atoms with Gasteiger partial charge in [0.05, 0.1) is 23.4 Å². The van der Waals surface area contributed by atoms with Crippen molar-refractivity contribution in [2.45, 2.75) is 31.4 Å². The number of rotatable bonds is 6. The lowest BCUT2D eigenvalue weighted by Gasteiger charge is -2.34. The topological polar surface area (TPSA) is 89.7 Å². The van der Waals surface area contributed by atoms with E-state index < -0.39 is 15.9 Å². The molecule has 2 N–H and O–H groups in total. The summed E-state index contributed by atoms with van der Waals surface area (Å²) in [4.78, 5) is 14.1. The highest BCUT2D eigenvalue weighted by Gasteiger charge is 2.28. The monoisotopic (exact) mass is 374 g/mol. The summed E-state index contributed by atoms with van der Waals surface area (Å²) in [6, 6.07) is 6.41. The number of ether oxygens (including phenoxy) is 1. The molecule has 0 saturated carbocycles. The SMILES string of the molecule is CS(=O)(=O)CC[C@H](N)C(=O)N1CCC[C@@H](Oc2ccccc2Cl)C1. The molecule has 134 valence electrons. The molecule has 24 heavy (non-hydrogen) atoms. The zero-order valence-corrected chi connectivity index (χ0v) is 15.2. The average Bonchev–Trinajstić information content (AvgIpc) is 2.53. The minimum atomic E-state index is -3.13. The van der Waals surface area contributed by atoms with Crippen molar-refractivity contribution in [3.05, 3.63) is 29.3 Å². The van der Waals surface area contributed by atoms with Crippen LogP contribution in [0.15, 0.2) is 24.3 Å². The predicted molar refractivity (Wildman–Crippen MR) is 94.0 cm³/mol. The smallest absolute Gasteiger partial charge is 0.239 e. The van der Waals surface area contributed by atoms with Gasteiger partial charge in [0.15, 0.2) is 0 Å². The van der Waals surface area contributed by atoms with Crippen LogP contribution in [0.25, 0.3) is 0 Å². The Morgan fingerprint density at radius 2 is 2.17 bits per heavy atom. The van der Waals surface area contributed by atoms with Gasteiger partial charge in [-0.05, 0) is 31.4 Å². The van der Waals surface area contributed by atoms with E-state index in [2.05, 4.69) is 0 Å². The normalized spacial score (nSPS) is 19.8. The molecule has 2 atom stereocenters. The lowest BCUT2D eigenvalue weighted by molar-refractivity contribution is -0.135. The van der Waals surface area contributed by atoms with Crippen molar-refractivity contribution in [2.24, 2.45) is 5.73 Å². The van der Waals surface area contributed by atoms with Crippen LogP contribution in [0.1, 0.15) is 19.3 Å². The molecule has 1 aromatic rings. The number of para-hydroxylation sites is 1. The molecule has 0 unspecified atom stereocenters. The van der Waals surface area contributed by atoms with E-state index in [1.165, 1.54) is 0 Å². The van der Waals surface area contributed by atoms with Crippen LogP contribution in [-0.4, -0.2) is 56.5 Å². The van der Waals surface area contributed by atoms with Gasteiger partial charge in [-0.3, -0.25) is 4.79 Å². The van der Waals surface area contributed by atoms with E-state index in [9.17, 15) is 13.2 Å². The van der Waals surface area contributed by atoms with Gasteiger partial charge in [0.2, 0.25) is 5.91 Å². The van der Waals surface area contributed by atoms with Gasteiger partial charge >= 0.3 is 0 Å². The molecule has 0 aromatic heterocycles. The molecular weight excluding hydrogens is 352 g/mol. The van der Waals surface area contributed by atoms with E-state index in [1.807, 2.05) is 12.1 Å². The van der Waals surface area contributed by atoms with Crippen molar-refractivity contribution < 1.29 is 17.9 Å². The van der Waals surface area contributed by atoms with E-state index in [-0.39, 0.29) is 24.2 Å². The van der Waals surface area contributed by atoms with Gasteiger partial charge in [-0.15, -0.1) is 0 Å². The van der Waals surface area contributed by atoms with E-state index in [0.717, 1.165) is 19.1 Å². The third kappa shape index (κ3) is 5.65. The summed E-state index contributed by atoms with van der Waals surface area (Å²) in [7, 11) is -3.13. The number of carbonyl (C=O) groups excluding carboxylic acids is 1. The van der Waals surface area contributed by atoms with Crippen molar-refractivity contribution in [1.82, 2.24) is 4.90 Å². The van der Waals surface area contributed by atoms with Crippen LogP contribution in [0.5, 0.6) is 5.75 Å². The van der Waals surface area contributed by atoms with Gasteiger partial charge in [0.1, 0.15) is 21.7 Å². The molecule has 1 fully saturated rings. The number of nitrogens with two attached hydrogens (primary N) is 1. The Morgan fingerprint density at radius 1 is 1.46 bits per heavy atom. The van der Waals surface area contributed by atoms with E-state index in [4.69, 9.17) is 22.1 Å². The maximum atomic E-state index is 12.4. The number of carbonyl (C=O) groups is 1. The number of hydrogen-bond donors (Lipinski definition) is 1. The van der Waals surface area contributed by atoms with Crippen molar-refractivity contribution in [3.8, 4) is 5.75 Å². The number of amides is 1. The second-order valence-electron chi connectivity index (χ2n) is 6.12. The molecule has 1 aromatic carbocycles. The molecule has 0 radical (unpaired) electrons. The van der Waals surface area contributed by atoms with Crippen LogP contribution >= 0.6 is 11.6 Å². The molecule has 1 aliphatic rings. The molecule has 1 amide bonds. The maximum absolute atomic E-state index is 12.4. The first-order valence-electron chi connectivity index (χ1n) is 7.89. The minimum Gasteiger partial charge on any atom is -0.487 e. The molecule has 6 nitrogen and oxygen atoms in total. The zero-order chi connectivity index (χ0) is 17.7. The largest absolute Gasteiger partial charge is 0.487 e. The van der Waals surface area contributed by atoms with Crippen LogP contribution in [0.2, 0.25) is 5.02 Å². The highest BCUT2D eigenvalue weighted by Crippen LogP contribution is 2.26. The van der Waals surface area contributed by atoms with Crippen LogP contribution < -0.4 is 10.5 Å². The summed E-state index contributed by atoms with van der Waals surface area (Å²) in [5.74, 6) is 0.277. The van der Waals surface area contributed by atoms with Gasteiger partial charge in [0, 0.05) is 12.8 Å². The van der Waals surface area contributed by atoms with Crippen LogP contribution in [0.4, 0.5) is 0 Å². The summed E-state index contributed by atoms with van der Waals surface area (Å²) in [5.41, 5.74) is 5.86. The fourth-order valence-corrected chi connectivity index (χ4v) is 3.52. The second-order valence-corrected chi connectivity index (χ2v) is 8.79. The van der Waals surface area contributed by atoms with Gasteiger partial charge in [0.25, 0.3) is 0 Å². The Morgan fingerprint density at radius 3 is 2.83 bits per heavy atom. The second kappa shape index (κ2) is 8.18. The highest BCUT2D eigenvalue weighted by molar-refractivity contribution is 7.90. The number of hydrogen-bond acceptors (Lipinski definition) is 5. The summed E-state index contributed by atoms with van der Waals surface area (Å²) in [6.07, 6.45) is 2.75. The lowest BCUT2D eigenvalue weighted by atomic mass is 10.1. The fourth-order valence-electron chi connectivity index (χ4n) is 2.65. The first-order chi connectivity index (χ1) is 11.3. The maximum Gasteiger partial charge on any atom is 0.239 e. The molecule has 1 heterocycles. The Labute approximate surface area is 147 Å². The molecule has 1 saturated heterocycles. The van der Waals surface area contributed by atoms with Gasteiger partial charge in [-0.1, -0.05) is 23.7 Å². The first-order valence-corrected chi connectivity index (χ1v) is 10.3. The molecule has 1 aliphatic heterocycles. The number of nitrogens with zero attached hydrogens (tertiary/aromatic N) is 1. The average molecular weight is 375 g/mol. The van der Waals surface area contributed by atoms with Gasteiger partial charge in [-0.2, -0.15) is 0 Å². The highest BCUT2D eigenvalue weighted by atomic mass is 35.5. The summed E-state index contributed by atoms with van der Waals surface area (Å²) in [5, 5.41) is 0.533. The van der Waals surface area contributed by atoms with E-state index in [0.29, 0.717) is 23.9 Å². The Balaban J connectivity index is 1.92. The lowest BCUT2D eigenvalue weighted by Crippen LogP contribution is -2.50. The van der Waals surface area contributed by atoms with Crippen LogP contribution in [-0.2, 0) is 14.6 Å². The van der Waals surface area contributed by atoms with Crippen molar-refractivity contribution in [1.29, 1.82) is 0 Å². The number of benzene rings is 1. The summed E-state index contributed by atoms with van der Waals surface area (Å²) >= 11 is 6.09. The van der Waals surface area contributed by atoms with Crippen LogP contribution in [0, 0.1) is 0 Å².